The average molecular weight is 609 g/mol. The van der Waals surface area contributed by atoms with Crippen LogP contribution in [0.4, 0.5) is 13.2 Å². The number of aryl methyl sites for hydroxylation is 1. The van der Waals surface area contributed by atoms with E-state index in [4.69, 9.17) is 11.6 Å². The van der Waals surface area contributed by atoms with E-state index in [0.717, 1.165) is 18.1 Å². The van der Waals surface area contributed by atoms with Crippen molar-refractivity contribution in [2.24, 2.45) is 0 Å². The third-order valence-corrected chi connectivity index (χ3v) is 6.99. The fourth-order valence-corrected chi connectivity index (χ4v) is 5.19. The maximum Gasteiger partial charge on any atom is 1.00 e. The van der Waals surface area contributed by atoms with Crippen molar-refractivity contribution in [2.45, 2.75) is 64.0 Å². The van der Waals surface area contributed by atoms with Crippen LogP contribution < -0.4 is 37.7 Å². The van der Waals surface area contributed by atoms with Gasteiger partial charge >= 0.3 is 43.7 Å². The maximum atomic E-state index is 14.5. The van der Waals surface area contributed by atoms with E-state index in [9.17, 15) is 23.1 Å². The molecule has 4 nitrogen and oxygen atoms in total. The zero-order valence-corrected chi connectivity index (χ0v) is 27.9. The Morgan fingerprint density at radius 2 is 1.56 bits per heavy atom. The molecule has 0 saturated heterocycles. The first-order chi connectivity index (χ1) is 18.6. The van der Waals surface area contributed by atoms with Crippen LogP contribution in [0.5, 0.6) is 0 Å². The van der Waals surface area contributed by atoms with Gasteiger partial charge in [-0.15, -0.1) is 13.1 Å². The molecule has 2 aromatic carbocycles. The molecule has 2 atom stereocenters. The van der Waals surface area contributed by atoms with Crippen molar-refractivity contribution in [3.05, 3.63) is 111 Å². The van der Waals surface area contributed by atoms with Crippen molar-refractivity contribution in [2.75, 3.05) is 26.7 Å². The smallest absolute Gasteiger partial charge is 0.480 e. The Kier molecular flexibility index (Phi) is 23.6. The second-order valence-electron chi connectivity index (χ2n) is 10.1. The van der Waals surface area contributed by atoms with E-state index in [1.165, 1.54) is 6.07 Å². The summed E-state index contributed by atoms with van der Waals surface area (Å²) in [7, 11) is 1.80. The van der Waals surface area contributed by atoms with E-state index in [1.807, 2.05) is 24.0 Å². The van der Waals surface area contributed by atoms with E-state index in [0.29, 0.717) is 60.6 Å². The van der Waals surface area contributed by atoms with Crippen LogP contribution in [0, 0.1) is 61.7 Å². The number of alkyl halides is 2. The molecule has 2 rings (SSSR count). The predicted octanol–water partition coefficient (Wildman–Crippen LogP) is 2.72. The molecule has 0 aliphatic carbocycles. The number of rotatable bonds is 13. The number of carboxylic acid groups (broad SMARTS) is 1. The third kappa shape index (κ3) is 14.8. The van der Waals surface area contributed by atoms with Gasteiger partial charge in [0.05, 0.1) is 0 Å². The Labute approximate surface area is 288 Å². The minimum Gasteiger partial charge on any atom is -0.480 e. The van der Waals surface area contributed by atoms with E-state index in [-0.39, 0.29) is 62.9 Å². The van der Waals surface area contributed by atoms with Gasteiger partial charge in [-0.2, -0.15) is 12.8 Å². The molecular weight excluding hydrogens is 563 g/mol. The number of benzene rings is 2. The first-order valence-electron chi connectivity index (χ1n) is 13.2. The van der Waals surface area contributed by atoms with Crippen molar-refractivity contribution >= 4 is 17.6 Å². The van der Waals surface area contributed by atoms with Gasteiger partial charge in [0.15, 0.2) is 0 Å². The monoisotopic (exact) mass is 608 g/mol. The number of aliphatic carboxylic acids is 1. The fourth-order valence-electron chi connectivity index (χ4n) is 4.89. The number of carboxylic acids is 1. The van der Waals surface area contributed by atoms with Crippen LogP contribution in [0.2, 0.25) is 5.02 Å². The zero-order valence-electron chi connectivity index (χ0n) is 27.2. The predicted molar refractivity (Wildman–Crippen MR) is 165 cm³/mol. The molecule has 2 aromatic rings. The van der Waals surface area contributed by atoms with Gasteiger partial charge in [-0.25, -0.2) is 13.2 Å². The van der Waals surface area contributed by atoms with Crippen LogP contribution in [-0.2, 0) is 4.79 Å². The quantitative estimate of drug-likeness (QED) is 0.281. The number of nitrogens with zero attached hydrogens (tertiary/aromatic N) is 2. The molecule has 1 N–H and O–H groups in total. The molecule has 0 aliphatic heterocycles. The van der Waals surface area contributed by atoms with Crippen LogP contribution >= 0.6 is 11.6 Å². The first-order valence-corrected chi connectivity index (χ1v) is 13.6. The van der Waals surface area contributed by atoms with E-state index in [1.54, 1.807) is 20.0 Å². The Hall–Kier alpha value is -0.895. The van der Waals surface area contributed by atoms with Gasteiger partial charge < -0.3 is 45.1 Å². The van der Waals surface area contributed by atoms with Gasteiger partial charge in [-0.05, 0) is 80.3 Å². The van der Waals surface area contributed by atoms with Crippen LogP contribution in [0.3, 0.4) is 0 Å². The molecule has 234 valence electrons. The van der Waals surface area contributed by atoms with Gasteiger partial charge in [0.1, 0.15) is 17.8 Å². The topological polar surface area (TPSA) is 43.8 Å². The summed E-state index contributed by atoms with van der Waals surface area (Å²) in [6, 6.07) is 7.94. The summed E-state index contributed by atoms with van der Waals surface area (Å²) < 4.78 is 36.3. The minimum absolute atomic E-state index is 0. The van der Waals surface area contributed by atoms with Crippen LogP contribution in [0.1, 0.15) is 72.0 Å². The molecular formula is C33H46ClF3Li2N2O2-4. The van der Waals surface area contributed by atoms with Crippen molar-refractivity contribution in [3.8, 4) is 0 Å². The second kappa shape index (κ2) is 21.8. The summed E-state index contributed by atoms with van der Waals surface area (Å²) in [4.78, 5) is 16.5. The number of hydrogen-bond donors (Lipinski definition) is 1. The maximum absolute atomic E-state index is 14.5. The van der Waals surface area contributed by atoms with E-state index < -0.39 is 17.9 Å². The van der Waals surface area contributed by atoms with Crippen molar-refractivity contribution in [1.82, 2.24) is 9.80 Å². The molecule has 43 heavy (non-hydrogen) atoms. The number of hydrogen-bond acceptors (Lipinski definition) is 3. The molecule has 0 bridgehead atoms. The SMILES string of the molecule is [CH2-]C(C)(F)F.[CH2-]CC(C[CH2-])c1c([C@@H](C(=O)O)N(C)CC[C@@H](c2cc(C)cc(Cl)c2)N(C[CH2-])C[CH2-])ccc(F)c1C.[CH3-].[Li+].[Li+]. The van der Waals surface area contributed by atoms with Gasteiger partial charge in [0, 0.05) is 17.6 Å². The molecule has 0 saturated carbocycles. The van der Waals surface area contributed by atoms with Gasteiger partial charge in [0.2, 0.25) is 0 Å². The van der Waals surface area contributed by atoms with Crippen LogP contribution in [0.25, 0.3) is 0 Å². The number of carbonyl (C=O) groups is 1. The zero-order chi connectivity index (χ0) is 30.8. The Bertz CT molecular complexity index is 1070. The standard InChI is InChI=1S/C29H38ClFN2O2.C3H5F2.CH3.2Li/c1-8-21(9-2)27-20(6)25(31)13-12-24(27)28(29(34)35)32(7)15-14-26(33(10-3)11-4)22-16-19(5)17-23(30)18-22;1-3(2,4)5;;;/h12-13,16-18,21,26,28H,1-4,8-11,14-15H2,5-7H3,(H,34,35);1H2,2H3;1H3;;/q-4;2*-1;2*+1/t26-,28-;;;;/m0..../s1. The summed E-state index contributed by atoms with van der Waals surface area (Å²) >= 11 is 6.34. The number of halogens is 4. The molecule has 0 unspecified atom stereocenters. The molecule has 0 aliphatic rings. The summed E-state index contributed by atoms with van der Waals surface area (Å²) in [5.41, 5.74) is 3.87. The fraction of sp³-hybridized carbons (Fsp3) is 0.424. The second-order valence-corrected chi connectivity index (χ2v) is 10.6. The summed E-state index contributed by atoms with van der Waals surface area (Å²) in [5, 5.41) is 10.9. The van der Waals surface area contributed by atoms with Crippen molar-refractivity contribution < 1.29 is 60.8 Å². The largest absolute Gasteiger partial charge is 1.00 e. The Morgan fingerprint density at radius 3 is 1.98 bits per heavy atom. The minimum atomic E-state index is -2.75. The molecule has 0 fully saturated rings. The van der Waals surface area contributed by atoms with Crippen molar-refractivity contribution in [3.63, 3.8) is 0 Å². The Morgan fingerprint density at radius 1 is 1.05 bits per heavy atom. The summed E-state index contributed by atoms with van der Waals surface area (Å²) in [5.74, 6) is -4.20. The van der Waals surface area contributed by atoms with Gasteiger partial charge in [0.25, 0.3) is 0 Å². The van der Waals surface area contributed by atoms with E-state index >= 15 is 0 Å². The third-order valence-electron chi connectivity index (χ3n) is 6.78. The summed E-state index contributed by atoms with van der Waals surface area (Å²) in [6.45, 7) is 24.6. The van der Waals surface area contributed by atoms with E-state index in [2.05, 4.69) is 45.6 Å². The van der Waals surface area contributed by atoms with Gasteiger partial charge in [-0.1, -0.05) is 29.7 Å². The van der Waals surface area contributed by atoms with Crippen molar-refractivity contribution in [1.29, 1.82) is 0 Å². The molecule has 0 heterocycles. The molecule has 0 radical (unpaired) electrons. The summed E-state index contributed by atoms with van der Waals surface area (Å²) in [6.07, 6.45) is 1.67. The molecule has 0 aromatic heterocycles. The molecule has 0 spiro atoms. The Balaban J connectivity index is -0.00000184. The average Bonchev–Trinajstić information content (AvgIpc) is 2.84. The number of likely N-dealkylation sites (N-methyl/N-ethyl adjacent to an activating group) is 1. The van der Waals surface area contributed by atoms with Crippen LogP contribution in [0.15, 0.2) is 30.3 Å². The van der Waals surface area contributed by atoms with Crippen LogP contribution in [-0.4, -0.2) is 53.5 Å². The first kappa shape index (κ1) is 46.5. The normalized spacial score (nSPS) is 12.5. The molecule has 10 heteroatoms. The van der Waals surface area contributed by atoms with Gasteiger partial charge in [-0.3, -0.25) is 16.6 Å². The molecule has 0 amide bonds.